The Balaban J connectivity index is 2.25. The molecule has 7 heteroatoms. The van der Waals surface area contributed by atoms with Gasteiger partial charge in [-0.25, -0.2) is 4.79 Å². The second kappa shape index (κ2) is 7.64. The van der Waals surface area contributed by atoms with Gasteiger partial charge in [0.1, 0.15) is 6.04 Å². The van der Waals surface area contributed by atoms with Gasteiger partial charge in [0.15, 0.2) is 0 Å². The van der Waals surface area contributed by atoms with E-state index in [9.17, 15) is 4.79 Å². The molecule has 0 radical (unpaired) electrons. The summed E-state index contributed by atoms with van der Waals surface area (Å²) in [4.78, 5) is 14.9. The highest BCUT2D eigenvalue weighted by molar-refractivity contribution is 7.17. The van der Waals surface area contributed by atoms with Crippen LogP contribution in [0.3, 0.4) is 0 Å². The maximum atomic E-state index is 12.2. The van der Waals surface area contributed by atoms with E-state index in [0.717, 1.165) is 15.6 Å². The van der Waals surface area contributed by atoms with E-state index in [1.807, 2.05) is 29.6 Å². The van der Waals surface area contributed by atoms with Gasteiger partial charge in [0, 0.05) is 22.7 Å². The Morgan fingerprint density at radius 3 is 3.10 bits per heavy atom. The van der Waals surface area contributed by atoms with Crippen LogP contribution in [-0.4, -0.2) is 25.7 Å². The van der Waals surface area contributed by atoms with E-state index in [-0.39, 0.29) is 12.5 Å². The summed E-state index contributed by atoms with van der Waals surface area (Å²) in [6, 6.07) is 7.38. The van der Waals surface area contributed by atoms with Crippen molar-refractivity contribution in [3.8, 4) is 0 Å². The van der Waals surface area contributed by atoms with E-state index >= 15 is 0 Å². The number of azide groups is 1. The standard InChI is InChI=1S/C14H16N4O2S/c1-2-20-14(19)13(16-7-8-17-18-15)11-9-21-12-6-4-3-5-10(11)12/h3-6,9,13,16H,2,7-8H2,1H3. The van der Waals surface area contributed by atoms with E-state index < -0.39 is 6.04 Å². The summed E-state index contributed by atoms with van der Waals surface area (Å²) in [5.41, 5.74) is 9.19. The minimum absolute atomic E-state index is 0.286. The highest BCUT2D eigenvalue weighted by Crippen LogP contribution is 2.30. The Bertz CT molecular complexity index is 664. The molecule has 21 heavy (non-hydrogen) atoms. The van der Waals surface area contributed by atoms with E-state index in [4.69, 9.17) is 10.3 Å². The highest BCUT2D eigenvalue weighted by Gasteiger charge is 2.24. The Kier molecular flexibility index (Phi) is 5.57. The molecule has 1 unspecified atom stereocenters. The first kappa shape index (κ1) is 15.3. The van der Waals surface area contributed by atoms with Crippen molar-refractivity contribution in [1.29, 1.82) is 0 Å². The van der Waals surface area contributed by atoms with E-state index in [1.165, 1.54) is 0 Å². The number of hydrogen-bond donors (Lipinski definition) is 1. The molecule has 0 aliphatic carbocycles. The number of nitrogens with zero attached hydrogens (tertiary/aromatic N) is 3. The maximum absolute atomic E-state index is 12.2. The number of hydrogen-bond acceptors (Lipinski definition) is 5. The monoisotopic (exact) mass is 304 g/mol. The zero-order chi connectivity index (χ0) is 15.1. The average molecular weight is 304 g/mol. The SMILES string of the molecule is CCOC(=O)C(NCCN=[N+]=[N-])c1csc2ccccc12. The van der Waals surface area contributed by atoms with Crippen LogP contribution in [-0.2, 0) is 9.53 Å². The number of ether oxygens (including phenoxy) is 1. The van der Waals surface area contributed by atoms with Gasteiger partial charge in [-0.2, -0.15) is 0 Å². The van der Waals surface area contributed by atoms with Crippen LogP contribution in [0, 0.1) is 0 Å². The fourth-order valence-corrected chi connectivity index (χ4v) is 3.06. The number of esters is 1. The van der Waals surface area contributed by atoms with Gasteiger partial charge in [-0.15, -0.1) is 11.3 Å². The maximum Gasteiger partial charge on any atom is 0.327 e. The topological polar surface area (TPSA) is 87.1 Å². The van der Waals surface area contributed by atoms with Crippen molar-refractivity contribution in [2.75, 3.05) is 19.7 Å². The van der Waals surface area contributed by atoms with Gasteiger partial charge in [-0.3, -0.25) is 0 Å². The molecule has 0 spiro atoms. The van der Waals surface area contributed by atoms with Crippen molar-refractivity contribution in [1.82, 2.24) is 5.32 Å². The Labute approximate surface area is 126 Å². The van der Waals surface area contributed by atoms with Crippen molar-refractivity contribution in [2.24, 2.45) is 5.11 Å². The molecule has 1 heterocycles. The summed E-state index contributed by atoms with van der Waals surface area (Å²) < 4.78 is 6.26. The van der Waals surface area contributed by atoms with E-state index in [1.54, 1.807) is 18.3 Å². The predicted octanol–water partition coefficient (Wildman–Crippen LogP) is 3.41. The van der Waals surface area contributed by atoms with Crippen LogP contribution in [0.2, 0.25) is 0 Å². The van der Waals surface area contributed by atoms with Gasteiger partial charge in [-0.1, -0.05) is 23.3 Å². The summed E-state index contributed by atoms with van der Waals surface area (Å²) in [5.74, 6) is -0.318. The number of nitrogens with one attached hydrogen (secondary N) is 1. The summed E-state index contributed by atoms with van der Waals surface area (Å²) in [6.07, 6.45) is 0. The summed E-state index contributed by atoms with van der Waals surface area (Å²) in [5, 5.41) is 9.57. The third kappa shape index (κ3) is 3.72. The van der Waals surface area contributed by atoms with Crippen molar-refractivity contribution >= 4 is 27.4 Å². The van der Waals surface area contributed by atoms with Crippen LogP contribution >= 0.6 is 11.3 Å². The van der Waals surface area contributed by atoms with Gasteiger partial charge in [0.05, 0.1) is 6.61 Å². The first-order valence-corrected chi connectivity index (χ1v) is 7.53. The first-order chi connectivity index (χ1) is 10.3. The van der Waals surface area contributed by atoms with Gasteiger partial charge in [0.25, 0.3) is 0 Å². The van der Waals surface area contributed by atoms with Gasteiger partial charge < -0.3 is 10.1 Å². The molecule has 1 aromatic carbocycles. The van der Waals surface area contributed by atoms with Gasteiger partial charge in [-0.05, 0) is 34.9 Å². The van der Waals surface area contributed by atoms with E-state index in [2.05, 4.69) is 15.3 Å². The van der Waals surface area contributed by atoms with Gasteiger partial charge in [0.2, 0.25) is 0 Å². The number of rotatable bonds is 7. The van der Waals surface area contributed by atoms with Crippen LogP contribution in [0.15, 0.2) is 34.8 Å². The minimum atomic E-state index is -0.546. The molecule has 0 bridgehead atoms. The molecular weight excluding hydrogens is 288 g/mol. The highest BCUT2D eigenvalue weighted by atomic mass is 32.1. The zero-order valence-electron chi connectivity index (χ0n) is 11.7. The molecular formula is C14H16N4O2S. The lowest BCUT2D eigenvalue weighted by Gasteiger charge is -2.16. The largest absolute Gasteiger partial charge is 0.465 e. The number of carbonyl (C=O) groups excluding carboxylic acids is 1. The first-order valence-electron chi connectivity index (χ1n) is 6.65. The summed E-state index contributed by atoms with van der Waals surface area (Å²) in [6.45, 7) is 2.81. The quantitative estimate of drug-likeness (QED) is 0.279. The van der Waals surface area contributed by atoms with E-state index in [0.29, 0.717) is 13.2 Å². The molecule has 0 fully saturated rings. The molecule has 110 valence electrons. The molecule has 0 amide bonds. The van der Waals surface area contributed by atoms with Crippen LogP contribution in [0.1, 0.15) is 18.5 Å². The summed E-state index contributed by atoms with van der Waals surface area (Å²) in [7, 11) is 0. The fourth-order valence-electron chi connectivity index (χ4n) is 2.07. The smallest absolute Gasteiger partial charge is 0.327 e. The normalized spacial score (nSPS) is 11.9. The minimum Gasteiger partial charge on any atom is -0.465 e. The molecule has 0 saturated carbocycles. The molecule has 0 aliphatic rings. The molecule has 0 aliphatic heterocycles. The van der Waals surface area contributed by atoms with Crippen LogP contribution in [0.25, 0.3) is 20.5 Å². The Morgan fingerprint density at radius 1 is 1.52 bits per heavy atom. The van der Waals surface area contributed by atoms with Crippen molar-refractivity contribution in [3.63, 3.8) is 0 Å². The van der Waals surface area contributed by atoms with Gasteiger partial charge >= 0.3 is 5.97 Å². The fraction of sp³-hybridized carbons (Fsp3) is 0.357. The zero-order valence-corrected chi connectivity index (χ0v) is 12.5. The lowest BCUT2D eigenvalue weighted by Crippen LogP contribution is -2.31. The van der Waals surface area contributed by atoms with Crippen molar-refractivity contribution < 1.29 is 9.53 Å². The number of carbonyl (C=O) groups is 1. The molecule has 1 aromatic heterocycles. The Morgan fingerprint density at radius 2 is 2.33 bits per heavy atom. The molecule has 2 aromatic rings. The van der Waals surface area contributed by atoms with Crippen LogP contribution in [0.5, 0.6) is 0 Å². The second-order valence-electron chi connectivity index (χ2n) is 4.28. The molecule has 2 rings (SSSR count). The third-order valence-corrected chi connectivity index (χ3v) is 3.95. The van der Waals surface area contributed by atoms with Crippen molar-refractivity contribution in [2.45, 2.75) is 13.0 Å². The average Bonchev–Trinajstić information content (AvgIpc) is 2.91. The number of thiophene rings is 1. The number of fused-ring (bicyclic) bond motifs is 1. The lowest BCUT2D eigenvalue weighted by atomic mass is 10.1. The van der Waals surface area contributed by atoms with Crippen LogP contribution in [0.4, 0.5) is 0 Å². The molecule has 6 nitrogen and oxygen atoms in total. The summed E-state index contributed by atoms with van der Waals surface area (Å²) >= 11 is 1.59. The predicted molar refractivity (Wildman–Crippen MR) is 83.2 cm³/mol. The lowest BCUT2D eigenvalue weighted by molar-refractivity contribution is -0.145. The second-order valence-corrected chi connectivity index (χ2v) is 5.19. The molecule has 1 atom stereocenters. The van der Waals surface area contributed by atoms with Crippen LogP contribution < -0.4 is 5.32 Å². The third-order valence-electron chi connectivity index (χ3n) is 2.97. The number of benzene rings is 1. The molecule has 1 N–H and O–H groups in total. The molecule has 0 saturated heterocycles. The Hall–Kier alpha value is -2.08. The van der Waals surface area contributed by atoms with Crippen molar-refractivity contribution in [3.05, 3.63) is 45.7 Å².